The summed E-state index contributed by atoms with van der Waals surface area (Å²) in [5, 5.41) is 0. The van der Waals surface area contributed by atoms with Crippen LogP contribution in [0.1, 0.15) is 45.3 Å². The van der Waals surface area contributed by atoms with Crippen LogP contribution in [0.3, 0.4) is 0 Å². The van der Waals surface area contributed by atoms with E-state index in [1.165, 1.54) is 4.31 Å². The van der Waals surface area contributed by atoms with Gasteiger partial charge in [-0.15, -0.1) is 0 Å². The van der Waals surface area contributed by atoms with Gasteiger partial charge in [0.15, 0.2) is 0 Å². The largest absolute Gasteiger partial charge is 0.457 e. The SMILES string of the molecule is CCN(CC)S(=O)(=O)c1ccc(-c2ccc(/C=C3/C(=O)N=C4CCCCCN43)o2)cc1. The van der Waals surface area contributed by atoms with E-state index in [0.29, 0.717) is 30.3 Å². The molecule has 0 aliphatic carbocycles. The topological polar surface area (TPSA) is 83.2 Å². The first kappa shape index (κ1) is 21.5. The lowest BCUT2D eigenvalue weighted by atomic mass is 10.2. The highest BCUT2D eigenvalue weighted by molar-refractivity contribution is 7.89. The van der Waals surface area contributed by atoms with Crippen LogP contribution in [0.25, 0.3) is 17.4 Å². The van der Waals surface area contributed by atoms with Crippen molar-refractivity contribution in [2.24, 2.45) is 4.99 Å². The maximum absolute atomic E-state index is 12.7. The van der Waals surface area contributed by atoms with E-state index in [-0.39, 0.29) is 10.8 Å². The monoisotopic (exact) mass is 441 g/mol. The summed E-state index contributed by atoms with van der Waals surface area (Å²) in [5.74, 6) is 1.81. The number of carbonyl (C=O) groups is 1. The number of amidine groups is 1. The van der Waals surface area contributed by atoms with E-state index >= 15 is 0 Å². The van der Waals surface area contributed by atoms with Gasteiger partial charge in [0.05, 0.1) is 4.90 Å². The van der Waals surface area contributed by atoms with Crippen molar-refractivity contribution in [2.45, 2.75) is 44.4 Å². The second kappa shape index (κ2) is 8.80. The van der Waals surface area contributed by atoms with Crippen molar-refractivity contribution in [3.8, 4) is 11.3 Å². The number of rotatable bonds is 6. The molecule has 1 amide bonds. The van der Waals surface area contributed by atoms with Crippen molar-refractivity contribution in [1.29, 1.82) is 0 Å². The van der Waals surface area contributed by atoms with Gasteiger partial charge in [0.1, 0.15) is 23.1 Å². The van der Waals surface area contributed by atoms with Crippen molar-refractivity contribution in [3.05, 3.63) is 47.9 Å². The average Bonchev–Trinajstić information content (AvgIpc) is 3.26. The molecule has 0 unspecified atom stereocenters. The van der Waals surface area contributed by atoms with Crippen LogP contribution >= 0.6 is 0 Å². The fourth-order valence-corrected chi connectivity index (χ4v) is 5.48. The highest BCUT2D eigenvalue weighted by Gasteiger charge is 2.30. The summed E-state index contributed by atoms with van der Waals surface area (Å²) < 4.78 is 32.7. The summed E-state index contributed by atoms with van der Waals surface area (Å²) in [4.78, 5) is 18.8. The number of sulfonamides is 1. The number of benzene rings is 1. The summed E-state index contributed by atoms with van der Waals surface area (Å²) >= 11 is 0. The van der Waals surface area contributed by atoms with Gasteiger partial charge in [-0.1, -0.05) is 20.3 Å². The Morgan fingerprint density at radius 1 is 1.06 bits per heavy atom. The quantitative estimate of drug-likeness (QED) is 0.630. The molecular formula is C23H27N3O4S. The fraction of sp³-hybridized carbons (Fsp3) is 0.391. The van der Waals surface area contributed by atoms with Crippen molar-refractivity contribution in [2.75, 3.05) is 19.6 Å². The third kappa shape index (κ3) is 4.22. The molecule has 0 atom stereocenters. The Morgan fingerprint density at radius 3 is 2.52 bits per heavy atom. The van der Waals surface area contributed by atoms with Gasteiger partial charge in [-0.25, -0.2) is 8.42 Å². The van der Waals surface area contributed by atoms with E-state index in [1.54, 1.807) is 30.3 Å². The lowest BCUT2D eigenvalue weighted by Gasteiger charge is -2.18. The first-order chi connectivity index (χ1) is 14.9. The van der Waals surface area contributed by atoms with Gasteiger partial charge in [-0.2, -0.15) is 9.30 Å². The number of fused-ring (bicyclic) bond motifs is 1. The lowest BCUT2D eigenvalue weighted by molar-refractivity contribution is -0.114. The second-order valence-corrected chi connectivity index (χ2v) is 9.58. The zero-order chi connectivity index (χ0) is 22.0. The van der Waals surface area contributed by atoms with E-state index in [4.69, 9.17) is 4.42 Å². The van der Waals surface area contributed by atoms with Crippen LogP contribution in [0.5, 0.6) is 0 Å². The molecule has 2 aliphatic heterocycles. The molecule has 2 aromatic rings. The smallest absolute Gasteiger partial charge is 0.295 e. The van der Waals surface area contributed by atoms with Crippen LogP contribution in [0.4, 0.5) is 0 Å². The van der Waals surface area contributed by atoms with Crippen molar-refractivity contribution < 1.29 is 17.6 Å². The normalized spacial score (nSPS) is 18.4. The molecule has 1 fully saturated rings. The molecular weight excluding hydrogens is 414 g/mol. The van der Waals surface area contributed by atoms with E-state index in [2.05, 4.69) is 4.99 Å². The van der Waals surface area contributed by atoms with Crippen LogP contribution in [0.15, 0.2) is 56.4 Å². The van der Waals surface area contributed by atoms with Gasteiger partial charge < -0.3 is 9.32 Å². The fourth-order valence-electron chi connectivity index (χ4n) is 4.02. The summed E-state index contributed by atoms with van der Waals surface area (Å²) in [7, 11) is -3.49. The number of hydrogen-bond acceptors (Lipinski definition) is 5. The summed E-state index contributed by atoms with van der Waals surface area (Å²) in [5.41, 5.74) is 1.33. The van der Waals surface area contributed by atoms with E-state index in [0.717, 1.165) is 43.6 Å². The Kier molecular flexibility index (Phi) is 6.11. The molecule has 0 bridgehead atoms. The van der Waals surface area contributed by atoms with Gasteiger partial charge in [0.2, 0.25) is 10.0 Å². The summed E-state index contributed by atoms with van der Waals surface area (Å²) in [6.45, 7) is 5.30. The second-order valence-electron chi connectivity index (χ2n) is 7.64. The van der Waals surface area contributed by atoms with Gasteiger partial charge in [0.25, 0.3) is 5.91 Å². The van der Waals surface area contributed by atoms with E-state index < -0.39 is 10.0 Å². The maximum Gasteiger partial charge on any atom is 0.295 e. The van der Waals surface area contributed by atoms with E-state index in [9.17, 15) is 13.2 Å². The molecule has 164 valence electrons. The molecule has 0 N–H and O–H groups in total. The van der Waals surface area contributed by atoms with Gasteiger partial charge in [-0.05, 0) is 49.2 Å². The van der Waals surface area contributed by atoms with Crippen LogP contribution in [-0.2, 0) is 14.8 Å². The standard InChI is InChI=1S/C23H27N3O4S/c1-3-25(4-2)31(28,29)19-12-9-17(10-13-19)21-14-11-18(30-21)16-20-23(27)24-22-8-6-5-7-15-26(20)22/h9-14,16H,3-8,15H2,1-2H3/b20-16-. The number of carbonyl (C=O) groups excluding carboxylic acids is 1. The number of furan rings is 1. The predicted molar refractivity (Wildman–Crippen MR) is 120 cm³/mol. The summed E-state index contributed by atoms with van der Waals surface area (Å²) in [6.07, 6.45) is 5.81. The lowest BCUT2D eigenvalue weighted by Crippen LogP contribution is -2.30. The van der Waals surface area contributed by atoms with E-state index in [1.807, 2.05) is 30.9 Å². The average molecular weight is 442 g/mol. The third-order valence-corrected chi connectivity index (χ3v) is 7.79. The van der Waals surface area contributed by atoms with Crippen LogP contribution in [0.2, 0.25) is 0 Å². The zero-order valence-electron chi connectivity index (χ0n) is 17.9. The molecule has 3 heterocycles. The molecule has 0 radical (unpaired) electrons. The van der Waals surface area contributed by atoms with Crippen LogP contribution in [-0.4, -0.2) is 49.0 Å². The van der Waals surface area contributed by atoms with Crippen molar-refractivity contribution in [3.63, 3.8) is 0 Å². The molecule has 0 saturated carbocycles. The number of nitrogens with zero attached hydrogens (tertiary/aromatic N) is 3. The Morgan fingerprint density at radius 2 is 1.81 bits per heavy atom. The molecule has 1 aromatic carbocycles. The zero-order valence-corrected chi connectivity index (χ0v) is 18.7. The number of amides is 1. The minimum atomic E-state index is -3.49. The molecule has 1 aromatic heterocycles. The van der Waals surface area contributed by atoms with Gasteiger partial charge >= 0.3 is 0 Å². The first-order valence-electron chi connectivity index (χ1n) is 10.8. The highest BCUT2D eigenvalue weighted by Crippen LogP contribution is 2.29. The van der Waals surface area contributed by atoms with Gasteiger partial charge in [-0.3, -0.25) is 4.79 Å². The van der Waals surface area contributed by atoms with Crippen molar-refractivity contribution >= 4 is 27.8 Å². The maximum atomic E-state index is 12.7. The Hall–Kier alpha value is -2.71. The van der Waals surface area contributed by atoms with Crippen LogP contribution in [0, 0.1) is 0 Å². The van der Waals surface area contributed by atoms with Gasteiger partial charge in [0, 0.05) is 37.7 Å². The first-order valence-corrected chi connectivity index (χ1v) is 12.2. The third-order valence-electron chi connectivity index (χ3n) is 5.72. The Balaban J connectivity index is 1.56. The van der Waals surface area contributed by atoms with Crippen molar-refractivity contribution in [1.82, 2.24) is 9.21 Å². The summed E-state index contributed by atoms with van der Waals surface area (Å²) in [6, 6.07) is 10.3. The van der Waals surface area contributed by atoms with Crippen LogP contribution < -0.4 is 0 Å². The number of aliphatic imine (C=N–C) groups is 1. The Labute approximate surface area is 183 Å². The highest BCUT2D eigenvalue weighted by atomic mass is 32.2. The molecule has 2 aliphatic rings. The molecule has 4 rings (SSSR count). The predicted octanol–water partition coefficient (Wildman–Crippen LogP) is 4.13. The molecule has 31 heavy (non-hydrogen) atoms. The molecule has 0 spiro atoms. The number of hydrogen-bond donors (Lipinski definition) is 0. The minimum absolute atomic E-state index is 0.221. The Bertz CT molecular complexity index is 1130. The minimum Gasteiger partial charge on any atom is -0.457 e. The molecule has 1 saturated heterocycles. The molecule has 8 heteroatoms. The molecule has 7 nitrogen and oxygen atoms in total.